The molecular weight excluding hydrogens is 392 g/mol. The Morgan fingerprint density at radius 1 is 0.929 bits per heavy atom. The summed E-state index contributed by atoms with van der Waals surface area (Å²) in [4.78, 5) is 4.47. The molecule has 0 saturated carbocycles. The van der Waals surface area contributed by atoms with Gasteiger partial charge in [-0.2, -0.15) is 5.10 Å². The van der Waals surface area contributed by atoms with Crippen molar-refractivity contribution in [3.8, 4) is 0 Å². The first kappa shape index (κ1) is 17.4. The van der Waals surface area contributed by atoms with Gasteiger partial charge in [0.2, 0.25) is 10.0 Å². The maximum Gasteiger partial charge on any atom is 0.241 e. The summed E-state index contributed by atoms with van der Waals surface area (Å²) in [5.41, 5.74) is 2.07. The van der Waals surface area contributed by atoms with E-state index in [0.29, 0.717) is 5.16 Å². The van der Waals surface area contributed by atoms with Gasteiger partial charge in [0, 0.05) is 0 Å². The van der Waals surface area contributed by atoms with E-state index in [4.69, 9.17) is 0 Å². The molecule has 0 radical (unpaired) electrons. The highest BCUT2D eigenvalue weighted by atomic mass is 32.2. The van der Waals surface area contributed by atoms with E-state index >= 15 is 0 Å². The smallest absolute Gasteiger partial charge is 0.241 e. The van der Waals surface area contributed by atoms with Gasteiger partial charge in [-0.3, -0.25) is 5.10 Å². The predicted octanol–water partition coefficient (Wildman–Crippen LogP) is 3.82. The Morgan fingerprint density at radius 3 is 2.39 bits per heavy atom. The Labute approximate surface area is 166 Å². The number of nitrogens with one attached hydrogen (secondary N) is 2. The first-order valence-corrected chi connectivity index (χ1v) is 11.1. The van der Waals surface area contributed by atoms with Crippen LogP contribution >= 0.6 is 11.8 Å². The Balaban J connectivity index is 1.61. The van der Waals surface area contributed by atoms with Gasteiger partial charge >= 0.3 is 0 Å². The summed E-state index contributed by atoms with van der Waals surface area (Å²) < 4.78 is 29.0. The van der Waals surface area contributed by atoms with Crippen molar-refractivity contribution in [2.45, 2.75) is 21.3 Å². The number of benzene rings is 3. The van der Waals surface area contributed by atoms with Crippen molar-refractivity contribution >= 4 is 32.6 Å². The largest absolute Gasteiger partial charge is 0.254 e. The molecule has 0 spiro atoms. The highest BCUT2D eigenvalue weighted by Gasteiger charge is 2.38. The molecule has 5 rings (SSSR count). The molecule has 1 aliphatic carbocycles. The summed E-state index contributed by atoms with van der Waals surface area (Å²) in [5.74, 6) is 0. The second kappa shape index (κ2) is 6.73. The Morgan fingerprint density at radius 2 is 1.68 bits per heavy atom. The van der Waals surface area contributed by atoms with Gasteiger partial charge in [0.1, 0.15) is 6.33 Å². The summed E-state index contributed by atoms with van der Waals surface area (Å²) in [7, 11) is -3.68. The van der Waals surface area contributed by atoms with Crippen LogP contribution in [0.3, 0.4) is 0 Å². The summed E-state index contributed by atoms with van der Waals surface area (Å²) in [6.07, 6.45) is 1.45. The van der Waals surface area contributed by atoms with Gasteiger partial charge in [0.05, 0.1) is 16.2 Å². The van der Waals surface area contributed by atoms with E-state index in [9.17, 15) is 8.42 Å². The molecule has 0 amide bonds. The lowest BCUT2D eigenvalue weighted by Gasteiger charge is -2.22. The average Bonchev–Trinajstić information content (AvgIpc) is 3.33. The number of aromatic nitrogens is 3. The molecular formula is C20H16N4O2S2. The molecule has 28 heavy (non-hydrogen) atoms. The third-order valence-corrected chi connectivity index (χ3v) is 7.54. The zero-order valence-electron chi connectivity index (χ0n) is 14.6. The van der Waals surface area contributed by atoms with Crippen molar-refractivity contribution in [3.05, 3.63) is 84.2 Å². The van der Waals surface area contributed by atoms with Crippen LogP contribution in [0.1, 0.15) is 22.4 Å². The molecule has 140 valence electrons. The number of nitrogens with zero attached hydrogens (tertiary/aromatic N) is 2. The van der Waals surface area contributed by atoms with Gasteiger partial charge < -0.3 is 0 Å². The molecule has 0 saturated heterocycles. The third-order valence-electron chi connectivity index (χ3n) is 4.88. The van der Waals surface area contributed by atoms with Crippen LogP contribution in [0.2, 0.25) is 0 Å². The topological polar surface area (TPSA) is 87.7 Å². The number of rotatable bonds is 5. The summed E-state index contributed by atoms with van der Waals surface area (Å²) in [5, 5.41) is 9.47. The summed E-state index contributed by atoms with van der Waals surface area (Å²) in [6, 6.07) is 20.1. The number of hydrogen-bond acceptors (Lipinski definition) is 5. The van der Waals surface area contributed by atoms with Crippen LogP contribution in [0.25, 0.3) is 10.8 Å². The van der Waals surface area contributed by atoms with Crippen LogP contribution in [-0.2, 0) is 10.0 Å². The predicted molar refractivity (Wildman–Crippen MR) is 108 cm³/mol. The molecule has 0 aliphatic heterocycles. The van der Waals surface area contributed by atoms with E-state index in [1.807, 2.05) is 30.3 Å². The molecule has 3 aromatic carbocycles. The van der Waals surface area contributed by atoms with Crippen LogP contribution < -0.4 is 4.72 Å². The van der Waals surface area contributed by atoms with Crippen molar-refractivity contribution in [2.24, 2.45) is 0 Å². The van der Waals surface area contributed by atoms with Crippen LogP contribution in [0, 0.1) is 0 Å². The van der Waals surface area contributed by atoms with Crippen molar-refractivity contribution in [3.63, 3.8) is 0 Å². The maximum atomic E-state index is 13.1. The number of aromatic amines is 1. The molecule has 0 fully saturated rings. The van der Waals surface area contributed by atoms with Gasteiger partial charge in [-0.05, 0) is 34.0 Å². The minimum atomic E-state index is -3.68. The molecule has 0 bridgehead atoms. The zero-order chi connectivity index (χ0) is 19.1. The second-order valence-electron chi connectivity index (χ2n) is 6.53. The first-order chi connectivity index (χ1) is 13.6. The molecule has 1 heterocycles. The van der Waals surface area contributed by atoms with E-state index in [-0.39, 0.29) is 10.1 Å². The molecule has 0 unspecified atom stereocenters. The minimum Gasteiger partial charge on any atom is -0.254 e. The van der Waals surface area contributed by atoms with Crippen molar-refractivity contribution < 1.29 is 8.42 Å². The van der Waals surface area contributed by atoms with Gasteiger partial charge in [0.15, 0.2) is 5.16 Å². The molecule has 2 N–H and O–H groups in total. The first-order valence-electron chi connectivity index (χ1n) is 8.74. The number of hydrogen-bond donors (Lipinski definition) is 2. The van der Waals surface area contributed by atoms with Gasteiger partial charge in [-0.15, -0.1) is 0 Å². The van der Waals surface area contributed by atoms with Crippen LogP contribution in [0.4, 0.5) is 0 Å². The fourth-order valence-electron chi connectivity index (χ4n) is 3.70. The van der Waals surface area contributed by atoms with Gasteiger partial charge in [-0.25, -0.2) is 18.1 Å². The quantitative estimate of drug-likeness (QED) is 0.524. The number of sulfonamides is 1. The van der Waals surface area contributed by atoms with Gasteiger partial charge in [0.25, 0.3) is 0 Å². The maximum absolute atomic E-state index is 13.1. The lowest BCUT2D eigenvalue weighted by Crippen LogP contribution is -2.30. The Hall–Kier alpha value is -2.68. The monoisotopic (exact) mass is 408 g/mol. The van der Waals surface area contributed by atoms with E-state index in [2.05, 4.69) is 26.0 Å². The fourth-order valence-corrected chi connectivity index (χ4v) is 6.16. The third kappa shape index (κ3) is 2.90. The van der Waals surface area contributed by atoms with Crippen LogP contribution in [-0.4, -0.2) is 23.6 Å². The highest BCUT2D eigenvalue weighted by Crippen LogP contribution is 2.52. The van der Waals surface area contributed by atoms with Gasteiger partial charge in [-0.1, -0.05) is 66.4 Å². The summed E-state index contributed by atoms with van der Waals surface area (Å²) in [6.45, 7) is 0. The lowest BCUT2D eigenvalue weighted by molar-refractivity contribution is 0.557. The highest BCUT2D eigenvalue weighted by molar-refractivity contribution is 7.99. The average molecular weight is 409 g/mol. The van der Waals surface area contributed by atoms with Crippen molar-refractivity contribution in [1.29, 1.82) is 0 Å². The van der Waals surface area contributed by atoms with Crippen LogP contribution in [0.15, 0.2) is 83.1 Å². The SMILES string of the molecule is O=S(=O)(N[C@H]1c2cccc3cccc(c23)[C@@H]1Sc1ncn[nH]1)c1ccccc1. The lowest BCUT2D eigenvalue weighted by atomic mass is 10.1. The fraction of sp³-hybridized carbons (Fsp3) is 0.100. The summed E-state index contributed by atoms with van der Waals surface area (Å²) >= 11 is 1.48. The molecule has 6 nitrogen and oxygen atoms in total. The second-order valence-corrected chi connectivity index (χ2v) is 9.38. The Kier molecular flexibility index (Phi) is 4.19. The molecule has 8 heteroatoms. The van der Waals surface area contributed by atoms with E-state index in [1.165, 1.54) is 18.1 Å². The standard InChI is InChI=1S/C20H16N4O2S2/c25-28(26,14-8-2-1-3-9-14)24-18-15-10-4-6-13-7-5-11-16(17(13)15)19(18)27-20-21-12-22-23-20/h1-12,18-19,24H,(H,21,22,23)/t18-,19-/m0/s1. The van der Waals surface area contributed by atoms with E-state index in [0.717, 1.165) is 21.9 Å². The Bertz CT molecular complexity index is 1240. The minimum absolute atomic E-state index is 0.160. The van der Waals surface area contributed by atoms with E-state index < -0.39 is 16.1 Å². The van der Waals surface area contributed by atoms with Crippen molar-refractivity contribution in [2.75, 3.05) is 0 Å². The molecule has 1 aliphatic rings. The van der Waals surface area contributed by atoms with E-state index in [1.54, 1.807) is 30.3 Å². The van der Waals surface area contributed by atoms with Crippen LogP contribution in [0.5, 0.6) is 0 Å². The molecule has 2 atom stereocenters. The number of thioether (sulfide) groups is 1. The van der Waals surface area contributed by atoms with Crippen molar-refractivity contribution in [1.82, 2.24) is 19.9 Å². The zero-order valence-corrected chi connectivity index (χ0v) is 16.2. The number of H-pyrrole nitrogens is 1. The molecule has 4 aromatic rings. The molecule has 1 aromatic heterocycles. The normalized spacial score (nSPS) is 18.6.